The summed E-state index contributed by atoms with van der Waals surface area (Å²) in [5.41, 5.74) is -0.0326. The van der Waals surface area contributed by atoms with E-state index in [4.69, 9.17) is 27.6 Å². The zero-order chi connectivity index (χ0) is 11.3. The van der Waals surface area contributed by atoms with Crippen LogP contribution < -0.4 is 0 Å². The van der Waals surface area contributed by atoms with Gasteiger partial charge in [-0.3, -0.25) is 0 Å². The Labute approximate surface area is 102 Å². The van der Waals surface area contributed by atoms with Crippen LogP contribution in [0.25, 0.3) is 0 Å². The van der Waals surface area contributed by atoms with Gasteiger partial charge in [0.05, 0.1) is 6.26 Å². The van der Waals surface area contributed by atoms with E-state index in [0.29, 0.717) is 17.7 Å². The summed E-state index contributed by atoms with van der Waals surface area (Å²) in [6, 6.07) is 3.88. The Morgan fingerprint density at radius 2 is 2.00 bits per heavy atom. The summed E-state index contributed by atoms with van der Waals surface area (Å²) in [6.07, 6.45) is 3.55. The molecule has 1 nitrogen and oxygen atoms in total. The molecule has 0 saturated heterocycles. The predicted molar refractivity (Wildman–Crippen MR) is 65.7 cm³/mol. The molecule has 3 heteroatoms. The molecule has 86 valence electrons. The van der Waals surface area contributed by atoms with Crippen molar-refractivity contribution in [2.45, 2.75) is 26.7 Å². The SMILES string of the molecule is CC(C)CC(CCl)(CCl)Cc1ccco1. The van der Waals surface area contributed by atoms with Crippen LogP contribution in [-0.4, -0.2) is 11.8 Å². The Kier molecular flexibility index (Phi) is 5.01. The average molecular weight is 249 g/mol. The van der Waals surface area contributed by atoms with Crippen LogP contribution in [0.4, 0.5) is 0 Å². The first kappa shape index (κ1) is 12.9. The minimum absolute atomic E-state index is 0.0326. The van der Waals surface area contributed by atoms with Crippen LogP contribution in [0.3, 0.4) is 0 Å². The third kappa shape index (κ3) is 3.73. The summed E-state index contributed by atoms with van der Waals surface area (Å²) in [5.74, 6) is 2.72. The highest BCUT2D eigenvalue weighted by Gasteiger charge is 2.30. The molecule has 0 radical (unpaired) electrons. The largest absolute Gasteiger partial charge is 0.469 e. The van der Waals surface area contributed by atoms with Gasteiger partial charge in [-0.2, -0.15) is 0 Å². The molecule has 15 heavy (non-hydrogen) atoms. The molecule has 0 spiro atoms. The second-order valence-corrected chi connectivity index (χ2v) is 5.16. The zero-order valence-electron chi connectivity index (χ0n) is 9.30. The van der Waals surface area contributed by atoms with Crippen molar-refractivity contribution < 1.29 is 4.42 Å². The molecule has 0 atom stereocenters. The van der Waals surface area contributed by atoms with Crippen molar-refractivity contribution in [3.63, 3.8) is 0 Å². The number of hydrogen-bond donors (Lipinski definition) is 0. The topological polar surface area (TPSA) is 13.1 Å². The summed E-state index contributed by atoms with van der Waals surface area (Å²) < 4.78 is 5.36. The van der Waals surface area contributed by atoms with Crippen LogP contribution in [0.5, 0.6) is 0 Å². The fraction of sp³-hybridized carbons (Fsp3) is 0.667. The van der Waals surface area contributed by atoms with Crippen molar-refractivity contribution in [3.05, 3.63) is 24.2 Å². The Balaban J connectivity index is 2.71. The Morgan fingerprint density at radius 3 is 2.40 bits per heavy atom. The summed E-state index contributed by atoms with van der Waals surface area (Å²) in [4.78, 5) is 0. The van der Waals surface area contributed by atoms with Gasteiger partial charge in [-0.25, -0.2) is 0 Å². The predicted octanol–water partition coefficient (Wildman–Crippen LogP) is 4.33. The number of rotatable bonds is 6. The molecular weight excluding hydrogens is 231 g/mol. The smallest absolute Gasteiger partial charge is 0.104 e. The molecule has 1 rings (SSSR count). The summed E-state index contributed by atoms with van der Waals surface area (Å²) in [7, 11) is 0. The Bertz CT molecular complexity index is 263. The van der Waals surface area contributed by atoms with Crippen LogP contribution in [0, 0.1) is 11.3 Å². The first-order valence-electron chi connectivity index (χ1n) is 5.26. The van der Waals surface area contributed by atoms with Crippen molar-refractivity contribution in [3.8, 4) is 0 Å². The fourth-order valence-electron chi connectivity index (χ4n) is 1.96. The van der Waals surface area contributed by atoms with Crippen molar-refractivity contribution in [1.82, 2.24) is 0 Å². The maximum Gasteiger partial charge on any atom is 0.104 e. The summed E-state index contributed by atoms with van der Waals surface area (Å²) in [5, 5.41) is 0. The normalized spacial score (nSPS) is 12.3. The van der Waals surface area contributed by atoms with Gasteiger partial charge in [0.25, 0.3) is 0 Å². The van der Waals surface area contributed by atoms with Gasteiger partial charge in [0, 0.05) is 23.6 Å². The molecular formula is C12H18Cl2O. The lowest BCUT2D eigenvalue weighted by Crippen LogP contribution is -2.29. The van der Waals surface area contributed by atoms with Gasteiger partial charge in [0.2, 0.25) is 0 Å². The van der Waals surface area contributed by atoms with Gasteiger partial charge < -0.3 is 4.42 Å². The van der Waals surface area contributed by atoms with E-state index in [0.717, 1.165) is 18.6 Å². The van der Waals surface area contributed by atoms with Crippen LogP contribution in [0.1, 0.15) is 26.0 Å². The first-order chi connectivity index (χ1) is 7.12. The lowest BCUT2D eigenvalue weighted by atomic mass is 9.80. The van der Waals surface area contributed by atoms with E-state index < -0.39 is 0 Å². The van der Waals surface area contributed by atoms with E-state index in [1.54, 1.807) is 6.26 Å². The highest BCUT2D eigenvalue weighted by atomic mass is 35.5. The van der Waals surface area contributed by atoms with Crippen LogP contribution in [-0.2, 0) is 6.42 Å². The molecule has 0 saturated carbocycles. The summed E-state index contributed by atoms with van der Waals surface area (Å²) in [6.45, 7) is 4.38. The number of hydrogen-bond acceptors (Lipinski definition) is 1. The van der Waals surface area contributed by atoms with Gasteiger partial charge in [-0.15, -0.1) is 23.2 Å². The van der Waals surface area contributed by atoms with E-state index in [1.807, 2.05) is 12.1 Å². The van der Waals surface area contributed by atoms with E-state index in [9.17, 15) is 0 Å². The third-order valence-electron chi connectivity index (χ3n) is 2.54. The average Bonchev–Trinajstić information content (AvgIpc) is 2.68. The monoisotopic (exact) mass is 248 g/mol. The van der Waals surface area contributed by atoms with E-state index in [1.165, 1.54) is 0 Å². The molecule has 0 amide bonds. The maximum absolute atomic E-state index is 6.06. The van der Waals surface area contributed by atoms with E-state index in [-0.39, 0.29) is 5.41 Å². The molecule has 1 heterocycles. The second-order valence-electron chi connectivity index (χ2n) is 4.62. The van der Waals surface area contributed by atoms with Crippen molar-refractivity contribution >= 4 is 23.2 Å². The van der Waals surface area contributed by atoms with Crippen LogP contribution >= 0.6 is 23.2 Å². The molecule has 0 aliphatic carbocycles. The maximum atomic E-state index is 6.06. The summed E-state index contributed by atoms with van der Waals surface area (Å²) >= 11 is 12.1. The number of halogens is 2. The van der Waals surface area contributed by atoms with Crippen molar-refractivity contribution in [2.75, 3.05) is 11.8 Å². The molecule has 0 aliphatic heterocycles. The number of alkyl halides is 2. The molecule has 1 aromatic rings. The first-order valence-corrected chi connectivity index (χ1v) is 6.33. The highest BCUT2D eigenvalue weighted by Crippen LogP contribution is 2.33. The molecule has 0 bridgehead atoms. The molecule has 0 N–H and O–H groups in total. The van der Waals surface area contributed by atoms with Gasteiger partial charge in [-0.1, -0.05) is 13.8 Å². The lowest BCUT2D eigenvalue weighted by Gasteiger charge is -2.30. The third-order valence-corrected chi connectivity index (χ3v) is 3.67. The fourth-order valence-corrected chi connectivity index (χ4v) is 2.65. The molecule has 0 aromatic carbocycles. The van der Waals surface area contributed by atoms with Gasteiger partial charge >= 0.3 is 0 Å². The molecule has 0 fully saturated rings. The molecule has 1 aromatic heterocycles. The lowest BCUT2D eigenvalue weighted by molar-refractivity contribution is 0.275. The van der Waals surface area contributed by atoms with Crippen LogP contribution in [0.15, 0.2) is 22.8 Å². The second kappa shape index (κ2) is 5.81. The quantitative estimate of drug-likeness (QED) is 0.684. The Morgan fingerprint density at radius 1 is 1.33 bits per heavy atom. The minimum Gasteiger partial charge on any atom is -0.469 e. The van der Waals surface area contributed by atoms with Gasteiger partial charge in [0.1, 0.15) is 5.76 Å². The Hall–Kier alpha value is -0.140. The van der Waals surface area contributed by atoms with Crippen molar-refractivity contribution in [2.24, 2.45) is 11.3 Å². The van der Waals surface area contributed by atoms with Gasteiger partial charge in [0.15, 0.2) is 0 Å². The van der Waals surface area contributed by atoms with E-state index >= 15 is 0 Å². The van der Waals surface area contributed by atoms with Crippen molar-refractivity contribution in [1.29, 1.82) is 0 Å². The van der Waals surface area contributed by atoms with E-state index in [2.05, 4.69) is 13.8 Å². The molecule has 0 aliphatic rings. The standard InChI is InChI=1S/C12H18Cl2O/c1-10(2)6-12(8-13,9-14)7-11-4-3-5-15-11/h3-5,10H,6-9H2,1-2H3. The minimum atomic E-state index is -0.0326. The molecule has 0 unspecified atom stereocenters. The zero-order valence-corrected chi connectivity index (χ0v) is 10.8. The van der Waals surface area contributed by atoms with Gasteiger partial charge in [-0.05, 0) is 24.5 Å². The number of furan rings is 1. The van der Waals surface area contributed by atoms with Crippen LogP contribution in [0.2, 0.25) is 0 Å². The highest BCUT2D eigenvalue weighted by molar-refractivity contribution is 6.21.